The fourth-order valence-corrected chi connectivity index (χ4v) is 2.28. The van der Waals surface area contributed by atoms with Gasteiger partial charge in [0, 0.05) is 22.7 Å². The number of nitrogen functional groups attached to an aromatic ring is 1. The third-order valence-corrected chi connectivity index (χ3v) is 3.73. The zero-order chi connectivity index (χ0) is 16.6. The van der Waals surface area contributed by atoms with Gasteiger partial charge in [-0.1, -0.05) is 12.1 Å². The number of benzene rings is 2. The lowest BCUT2D eigenvalue weighted by molar-refractivity contribution is -0.117. The highest BCUT2D eigenvalue weighted by Gasteiger charge is 2.30. The van der Waals surface area contributed by atoms with Gasteiger partial charge in [0.1, 0.15) is 11.6 Å². The smallest absolute Gasteiger partial charge is 0.227 e. The van der Waals surface area contributed by atoms with Crippen molar-refractivity contribution in [2.45, 2.75) is 12.8 Å². The Hall–Kier alpha value is -2.76. The molecule has 1 aliphatic carbocycles. The quantitative estimate of drug-likeness (QED) is 0.598. The van der Waals surface area contributed by atoms with Crippen molar-refractivity contribution in [1.29, 1.82) is 5.41 Å². The third kappa shape index (κ3) is 3.21. The molecule has 1 aliphatic rings. The fraction of sp³-hybridized carbons (Fsp3) is 0.176. The molecule has 3 rings (SSSR count). The van der Waals surface area contributed by atoms with Crippen LogP contribution in [0.5, 0.6) is 0 Å². The number of amides is 1. The minimum absolute atomic E-state index is 0.0211. The van der Waals surface area contributed by atoms with Gasteiger partial charge in [0.05, 0.1) is 11.4 Å². The second-order valence-corrected chi connectivity index (χ2v) is 5.57. The average Bonchev–Trinajstić information content (AvgIpc) is 3.34. The summed E-state index contributed by atoms with van der Waals surface area (Å²) in [5.74, 6) is -1.45. The van der Waals surface area contributed by atoms with Gasteiger partial charge in [-0.2, -0.15) is 0 Å². The standard InChI is InChI=1S/C17H15F2N3O/c18-11-3-1-2-10(6-11)16(21)12-7-15(13(19)8-14(12)20)22-17(23)9-4-5-9/h1-3,6-9,21H,4-5,20H2,(H,22,23). The molecule has 1 fully saturated rings. The topological polar surface area (TPSA) is 79.0 Å². The highest BCUT2D eigenvalue weighted by atomic mass is 19.1. The molecular formula is C17H15F2N3O. The summed E-state index contributed by atoms with van der Waals surface area (Å²) in [4.78, 5) is 11.8. The van der Waals surface area contributed by atoms with Crippen LogP contribution in [0.4, 0.5) is 20.2 Å². The van der Waals surface area contributed by atoms with Crippen LogP contribution in [0.3, 0.4) is 0 Å². The first-order valence-electron chi connectivity index (χ1n) is 7.20. The van der Waals surface area contributed by atoms with E-state index in [0.717, 1.165) is 18.9 Å². The molecule has 0 heterocycles. The predicted octanol–water partition coefficient (Wildman–Crippen LogP) is 3.31. The van der Waals surface area contributed by atoms with E-state index >= 15 is 0 Å². The van der Waals surface area contributed by atoms with Crippen LogP contribution in [-0.2, 0) is 4.79 Å². The molecule has 4 N–H and O–H groups in total. The molecule has 0 bridgehead atoms. The van der Waals surface area contributed by atoms with Crippen LogP contribution in [0.2, 0.25) is 0 Å². The van der Waals surface area contributed by atoms with Crippen molar-refractivity contribution in [3.63, 3.8) is 0 Å². The zero-order valence-electron chi connectivity index (χ0n) is 12.2. The summed E-state index contributed by atoms with van der Waals surface area (Å²) >= 11 is 0. The van der Waals surface area contributed by atoms with Crippen molar-refractivity contribution < 1.29 is 13.6 Å². The molecule has 1 amide bonds. The summed E-state index contributed by atoms with van der Waals surface area (Å²) in [5.41, 5.74) is 6.34. The number of carbonyl (C=O) groups is 1. The molecule has 118 valence electrons. The van der Waals surface area contributed by atoms with Gasteiger partial charge in [0.2, 0.25) is 5.91 Å². The van der Waals surface area contributed by atoms with Gasteiger partial charge < -0.3 is 11.1 Å². The van der Waals surface area contributed by atoms with Crippen LogP contribution in [0, 0.1) is 23.0 Å². The Morgan fingerprint density at radius 1 is 1.22 bits per heavy atom. The van der Waals surface area contributed by atoms with E-state index in [2.05, 4.69) is 5.32 Å². The van der Waals surface area contributed by atoms with Gasteiger partial charge in [-0.3, -0.25) is 10.2 Å². The van der Waals surface area contributed by atoms with Crippen molar-refractivity contribution in [3.8, 4) is 0 Å². The lowest BCUT2D eigenvalue weighted by Gasteiger charge is -2.12. The van der Waals surface area contributed by atoms with E-state index in [0.29, 0.717) is 5.56 Å². The lowest BCUT2D eigenvalue weighted by Crippen LogP contribution is -2.16. The second-order valence-electron chi connectivity index (χ2n) is 5.57. The number of rotatable bonds is 4. The van der Waals surface area contributed by atoms with Crippen LogP contribution in [-0.4, -0.2) is 11.6 Å². The molecule has 2 aromatic carbocycles. The van der Waals surface area contributed by atoms with Crippen molar-refractivity contribution >= 4 is 23.0 Å². The first kappa shape index (κ1) is 15.1. The Morgan fingerprint density at radius 3 is 2.61 bits per heavy atom. The summed E-state index contributed by atoms with van der Waals surface area (Å²) in [5, 5.41) is 10.7. The molecule has 0 saturated heterocycles. The van der Waals surface area contributed by atoms with Gasteiger partial charge in [-0.15, -0.1) is 0 Å². The Morgan fingerprint density at radius 2 is 1.96 bits per heavy atom. The third-order valence-electron chi connectivity index (χ3n) is 3.73. The van der Waals surface area contributed by atoms with Crippen molar-refractivity contribution in [2.75, 3.05) is 11.1 Å². The molecule has 0 radical (unpaired) electrons. The number of nitrogens with two attached hydrogens (primary N) is 1. The van der Waals surface area contributed by atoms with E-state index in [1.807, 2.05) is 0 Å². The zero-order valence-corrected chi connectivity index (χ0v) is 12.2. The highest BCUT2D eigenvalue weighted by molar-refractivity contribution is 6.14. The minimum atomic E-state index is -0.660. The number of nitrogens with one attached hydrogen (secondary N) is 2. The first-order valence-corrected chi connectivity index (χ1v) is 7.20. The summed E-state index contributed by atoms with van der Waals surface area (Å²) in [7, 11) is 0. The van der Waals surface area contributed by atoms with Crippen molar-refractivity contribution in [1.82, 2.24) is 0 Å². The number of anilines is 2. The lowest BCUT2D eigenvalue weighted by atomic mass is 10.00. The number of hydrogen-bond donors (Lipinski definition) is 3. The van der Waals surface area contributed by atoms with Crippen LogP contribution in [0.1, 0.15) is 24.0 Å². The van der Waals surface area contributed by atoms with Gasteiger partial charge in [-0.05, 0) is 37.1 Å². The number of hydrogen-bond acceptors (Lipinski definition) is 3. The van der Waals surface area contributed by atoms with Crippen LogP contribution in [0.25, 0.3) is 0 Å². The second kappa shape index (κ2) is 5.79. The molecule has 4 nitrogen and oxygen atoms in total. The molecule has 0 aromatic heterocycles. The maximum Gasteiger partial charge on any atom is 0.227 e. The highest BCUT2D eigenvalue weighted by Crippen LogP contribution is 2.31. The largest absolute Gasteiger partial charge is 0.398 e. The summed E-state index contributed by atoms with van der Waals surface area (Å²) < 4.78 is 27.3. The summed E-state index contributed by atoms with van der Waals surface area (Å²) in [6.45, 7) is 0. The molecular weight excluding hydrogens is 300 g/mol. The van der Waals surface area contributed by atoms with E-state index in [1.54, 1.807) is 6.07 Å². The fourth-order valence-electron chi connectivity index (χ4n) is 2.28. The number of carbonyl (C=O) groups excluding carboxylic acids is 1. The normalized spacial score (nSPS) is 13.7. The maximum absolute atomic E-state index is 14.0. The van der Waals surface area contributed by atoms with E-state index in [-0.39, 0.29) is 34.5 Å². The average molecular weight is 315 g/mol. The Balaban J connectivity index is 1.94. The molecule has 23 heavy (non-hydrogen) atoms. The molecule has 0 spiro atoms. The van der Waals surface area contributed by atoms with E-state index in [9.17, 15) is 13.6 Å². The van der Waals surface area contributed by atoms with Gasteiger partial charge >= 0.3 is 0 Å². The van der Waals surface area contributed by atoms with Gasteiger partial charge in [0.15, 0.2) is 0 Å². The van der Waals surface area contributed by atoms with Gasteiger partial charge in [0.25, 0.3) is 0 Å². The first-order chi connectivity index (χ1) is 11.0. The molecule has 1 saturated carbocycles. The minimum Gasteiger partial charge on any atom is -0.398 e. The Bertz CT molecular complexity index is 800. The van der Waals surface area contributed by atoms with E-state index in [4.69, 9.17) is 11.1 Å². The Kier molecular flexibility index (Phi) is 3.82. The van der Waals surface area contributed by atoms with Crippen LogP contribution in [0.15, 0.2) is 36.4 Å². The van der Waals surface area contributed by atoms with Crippen molar-refractivity contribution in [2.24, 2.45) is 5.92 Å². The Labute approximate surface area is 131 Å². The van der Waals surface area contributed by atoms with Crippen molar-refractivity contribution in [3.05, 3.63) is 59.2 Å². The van der Waals surface area contributed by atoms with E-state index in [1.165, 1.54) is 24.3 Å². The summed E-state index contributed by atoms with van der Waals surface area (Å²) in [6, 6.07) is 7.90. The SMILES string of the molecule is N=C(c1cccc(F)c1)c1cc(NC(=O)C2CC2)c(F)cc1N. The predicted molar refractivity (Wildman–Crippen MR) is 84.5 cm³/mol. The van der Waals surface area contributed by atoms with Crippen LogP contribution >= 0.6 is 0 Å². The summed E-state index contributed by atoms with van der Waals surface area (Å²) in [6.07, 6.45) is 1.60. The molecule has 6 heteroatoms. The number of halogens is 2. The van der Waals surface area contributed by atoms with Crippen LogP contribution < -0.4 is 11.1 Å². The van der Waals surface area contributed by atoms with Gasteiger partial charge in [-0.25, -0.2) is 8.78 Å². The monoisotopic (exact) mass is 315 g/mol. The maximum atomic E-state index is 14.0. The molecule has 0 atom stereocenters. The molecule has 0 unspecified atom stereocenters. The molecule has 2 aromatic rings. The molecule has 0 aliphatic heterocycles. The van der Waals surface area contributed by atoms with E-state index < -0.39 is 11.6 Å².